The molecule has 0 aromatic heterocycles. The van der Waals surface area contributed by atoms with Crippen LogP contribution in [0.4, 0.5) is 0 Å². The third-order valence-electron chi connectivity index (χ3n) is 4.09. The molecule has 0 bridgehead atoms. The number of allylic oxidation sites excluding steroid dienone is 7. The number of rotatable bonds is 3. The average Bonchev–Trinajstić information content (AvgIpc) is 2.52. The van der Waals surface area contributed by atoms with E-state index in [4.69, 9.17) is 16.0 Å². The predicted molar refractivity (Wildman–Crippen MR) is 90.8 cm³/mol. The van der Waals surface area contributed by atoms with Crippen molar-refractivity contribution >= 4 is 10.1 Å². The Balaban J connectivity index is 1.78. The fourth-order valence-corrected chi connectivity index (χ4v) is 3.37. The number of azo groups is 1. The largest absolute Gasteiger partial charge is 0.400 e. The van der Waals surface area contributed by atoms with Crippen molar-refractivity contribution in [2.24, 2.45) is 33.5 Å². The quantitative estimate of drug-likeness (QED) is 0.531. The fourth-order valence-electron chi connectivity index (χ4n) is 2.79. The summed E-state index contributed by atoms with van der Waals surface area (Å²) in [5, 5.41) is 8.59. The van der Waals surface area contributed by atoms with Crippen LogP contribution in [0.25, 0.3) is 0 Å². The van der Waals surface area contributed by atoms with Crippen molar-refractivity contribution in [1.82, 2.24) is 0 Å². The van der Waals surface area contributed by atoms with Crippen molar-refractivity contribution in [3.8, 4) is 0 Å². The first-order chi connectivity index (χ1) is 11.3. The highest BCUT2D eigenvalue weighted by Gasteiger charge is 2.28. The van der Waals surface area contributed by atoms with Gasteiger partial charge < -0.3 is 11.5 Å². The number of fused-ring (bicyclic) bond motifs is 1. The first-order valence-electron chi connectivity index (χ1n) is 7.44. The third kappa shape index (κ3) is 3.39. The monoisotopic (exact) mass is 346 g/mol. The molecule has 0 fully saturated rings. The van der Waals surface area contributed by atoms with Crippen molar-refractivity contribution in [1.29, 1.82) is 0 Å². The minimum absolute atomic E-state index is 0.105. The van der Waals surface area contributed by atoms with Crippen LogP contribution in [0.5, 0.6) is 0 Å². The van der Waals surface area contributed by atoms with Gasteiger partial charge in [0.05, 0.1) is 10.6 Å². The number of nitrogens with zero attached hydrogens (tertiary/aromatic N) is 2. The van der Waals surface area contributed by atoms with E-state index in [1.165, 1.54) is 12.2 Å². The van der Waals surface area contributed by atoms with Crippen LogP contribution < -0.4 is 11.5 Å². The minimum atomic E-state index is -4.21. The standard InChI is InChI=1S/C16H18N4O3S/c17-11-4-7-16(14(18)9-11)20-19-15-3-1-2-10-8-12(24(21,22)23)5-6-13(10)15/h1-6,8-10,13,16H,7,17-18H2,(H,21,22,23). The zero-order valence-electron chi connectivity index (χ0n) is 12.8. The lowest BCUT2D eigenvalue weighted by molar-refractivity contribution is 0.490. The van der Waals surface area contributed by atoms with E-state index in [0.717, 1.165) is 0 Å². The molecule has 126 valence electrons. The third-order valence-corrected chi connectivity index (χ3v) is 4.95. The molecular weight excluding hydrogens is 328 g/mol. The normalized spacial score (nSPS) is 29.6. The fraction of sp³-hybridized carbons (Fsp3) is 0.250. The molecule has 0 aliphatic heterocycles. The van der Waals surface area contributed by atoms with E-state index < -0.39 is 10.1 Å². The minimum Gasteiger partial charge on any atom is -0.400 e. The van der Waals surface area contributed by atoms with Crippen molar-refractivity contribution < 1.29 is 13.0 Å². The molecule has 0 aromatic rings. The van der Waals surface area contributed by atoms with Gasteiger partial charge in [0.1, 0.15) is 6.04 Å². The molecule has 0 saturated heterocycles. The zero-order valence-corrected chi connectivity index (χ0v) is 13.6. The van der Waals surface area contributed by atoms with E-state index in [0.29, 0.717) is 23.5 Å². The molecule has 24 heavy (non-hydrogen) atoms. The summed E-state index contributed by atoms with van der Waals surface area (Å²) in [5.41, 5.74) is 13.5. The molecule has 0 saturated carbocycles. The van der Waals surface area contributed by atoms with Crippen LogP contribution in [-0.2, 0) is 10.1 Å². The molecule has 3 rings (SSSR count). The molecular formula is C16H18N4O3S. The van der Waals surface area contributed by atoms with Crippen LogP contribution >= 0.6 is 0 Å². The van der Waals surface area contributed by atoms with Crippen LogP contribution in [-0.4, -0.2) is 19.0 Å². The van der Waals surface area contributed by atoms with Gasteiger partial charge in [-0.25, -0.2) is 0 Å². The summed E-state index contributed by atoms with van der Waals surface area (Å²) in [7, 11) is -4.21. The molecule has 3 atom stereocenters. The van der Waals surface area contributed by atoms with Gasteiger partial charge >= 0.3 is 0 Å². The van der Waals surface area contributed by atoms with Gasteiger partial charge in [-0.15, -0.1) is 0 Å². The van der Waals surface area contributed by atoms with E-state index in [2.05, 4.69) is 10.2 Å². The molecule has 8 heteroatoms. The first-order valence-corrected chi connectivity index (χ1v) is 8.88. The maximum Gasteiger partial charge on any atom is 0.294 e. The Labute approximate surface area is 140 Å². The zero-order chi connectivity index (χ0) is 17.3. The van der Waals surface area contributed by atoms with Crippen LogP contribution in [0.2, 0.25) is 0 Å². The molecule has 0 heterocycles. The number of nitrogens with two attached hydrogens (primary N) is 2. The molecule has 3 aliphatic rings. The van der Waals surface area contributed by atoms with Gasteiger partial charge in [-0.2, -0.15) is 18.6 Å². The Kier molecular flexibility index (Phi) is 4.25. The van der Waals surface area contributed by atoms with Gasteiger partial charge in [0.15, 0.2) is 0 Å². The average molecular weight is 346 g/mol. The van der Waals surface area contributed by atoms with Crippen molar-refractivity contribution in [3.05, 3.63) is 70.6 Å². The highest BCUT2D eigenvalue weighted by atomic mass is 32.2. The lowest BCUT2D eigenvalue weighted by Crippen LogP contribution is -2.21. The van der Waals surface area contributed by atoms with Crippen LogP contribution in [0.1, 0.15) is 6.42 Å². The van der Waals surface area contributed by atoms with Crippen LogP contribution in [0.15, 0.2) is 80.8 Å². The SMILES string of the molecule is NC1=CCC(N=NC2=CC=CC3C=C(S(=O)(=O)O)C=CC23)C(N)=C1. The summed E-state index contributed by atoms with van der Waals surface area (Å²) in [5.74, 6) is -0.320. The van der Waals surface area contributed by atoms with Gasteiger partial charge in [-0.05, 0) is 24.6 Å². The summed E-state index contributed by atoms with van der Waals surface area (Å²) in [6.07, 6.45) is 14.2. The van der Waals surface area contributed by atoms with Crippen molar-refractivity contribution in [2.75, 3.05) is 0 Å². The number of hydrogen-bond acceptors (Lipinski definition) is 6. The van der Waals surface area contributed by atoms with E-state index in [-0.39, 0.29) is 22.8 Å². The summed E-state index contributed by atoms with van der Waals surface area (Å²) >= 11 is 0. The van der Waals surface area contributed by atoms with Gasteiger partial charge in [0.25, 0.3) is 10.1 Å². The highest BCUT2D eigenvalue weighted by molar-refractivity contribution is 7.90. The summed E-state index contributed by atoms with van der Waals surface area (Å²) < 4.78 is 31.7. The Morgan fingerprint density at radius 2 is 2.04 bits per heavy atom. The Morgan fingerprint density at radius 3 is 2.75 bits per heavy atom. The maximum atomic E-state index is 11.3. The smallest absolute Gasteiger partial charge is 0.294 e. The second kappa shape index (κ2) is 6.21. The van der Waals surface area contributed by atoms with E-state index in [9.17, 15) is 8.42 Å². The Morgan fingerprint density at radius 1 is 1.25 bits per heavy atom. The molecule has 5 N–H and O–H groups in total. The topological polar surface area (TPSA) is 131 Å². The van der Waals surface area contributed by atoms with E-state index >= 15 is 0 Å². The van der Waals surface area contributed by atoms with E-state index in [1.807, 2.05) is 18.2 Å². The van der Waals surface area contributed by atoms with Gasteiger partial charge in [-0.1, -0.05) is 30.4 Å². The second-order valence-corrected chi connectivity index (χ2v) is 7.22. The molecule has 0 radical (unpaired) electrons. The molecule has 0 aromatic carbocycles. The number of hydrogen-bond donors (Lipinski definition) is 3. The van der Waals surface area contributed by atoms with Crippen LogP contribution in [0.3, 0.4) is 0 Å². The highest BCUT2D eigenvalue weighted by Crippen LogP contribution is 2.35. The van der Waals surface area contributed by atoms with Crippen molar-refractivity contribution in [3.63, 3.8) is 0 Å². The summed E-state index contributed by atoms with van der Waals surface area (Å²) in [6.45, 7) is 0. The van der Waals surface area contributed by atoms with Gasteiger partial charge in [-0.3, -0.25) is 4.55 Å². The second-order valence-electron chi connectivity index (χ2n) is 5.80. The molecule has 3 unspecified atom stereocenters. The lowest BCUT2D eigenvalue weighted by Gasteiger charge is -2.25. The summed E-state index contributed by atoms with van der Waals surface area (Å²) in [4.78, 5) is -0.105. The molecule has 3 aliphatic carbocycles. The Hall–Kier alpha value is -2.45. The molecule has 0 spiro atoms. The maximum absolute atomic E-state index is 11.3. The molecule has 7 nitrogen and oxygen atoms in total. The van der Waals surface area contributed by atoms with Crippen molar-refractivity contribution in [2.45, 2.75) is 12.5 Å². The predicted octanol–water partition coefficient (Wildman–Crippen LogP) is 1.92. The summed E-state index contributed by atoms with van der Waals surface area (Å²) in [6, 6.07) is -0.251. The molecule has 0 amide bonds. The van der Waals surface area contributed by atoms with Gasteiger partial charge in [0, 0.05) is 23.2 Å². The van der Waals surface area contributed by atoms with E-state index in [1.54, 1.807) is 18.2 Å². The Bertz CT molecular complexity index is 860. The lowest BCUT2D eigenvalue weighted by atomic mass is 9.83. The first kappa shape index (κ1) is 16.4. The van der Waals surface area contributed by atoms with Crippen LogP contribution in [0, 0.1) is 11.8 Å². The van der Waals surface area contributed by atoms with Gasteiger partial charge in [0.2, 0.25) is 0 Å².